The second-order valence-corrected chi connectivity index (χ2v) is 5.97. The molecule has 1 aromatic carbocycles. The van der Waals surface area contributed by atoms with Gasteiger partial charge in [-0.1, -0.05) is 52.0 Å². The second-order valence-electron chi connectivity index (χ2n) is 5.27. The Morgan fingerprint density at radius 3 is 1.67 bits per heavy atom. The summed E-state index contributed by atoms with van der Waals surface area (Å²) in [5, 5.41) is 0. The molecular weight excluding hydrogens is 200 g/mol. The number of fused-ring (bicyclic) bond motifs is 1. The summed E-state index contributed by atoms with van der Waals surface area (Å²) in [6, 6.07) is 8.77. The number of benzene rings is 1. The molecule has 15 heavy (non-hydrogen) atoms. The largest absolute Gasteiger partial charge is 0.159 e. The van der Waals surface area contributed by atoms with E-state index in [1.165, 1.54) is 16.0 Å². The molecule has 1 aliphatic carbocycles. The van der Waals surface area contributed by atoms with Crippen molar-refractivity contribution in [3.05, 3.63) is 35.4 Å². The third-order valence-corrected chi connectivity index (χ3v) is 4.86. The molecule has 1 aromatic rings. The monoisotopic (exact) mass is 218 g/mol. The molecule has 0 atom stereocenters. The van der Waals surface area contributed by atoms with Gasteiger partial charge in [-0.3, -0.25) is 0 Å². The van der Waals surface area contributed by atoms with E-state index in [2.05, 4.69) is 57.8 Å². The van der Waals surface area contributed by atoms with Gasteiger partial charge in [-0.25, -0.2) is 0 Å². The molecule has 1 heteroatoms. The normalized spacial score (nSPS) is 21.2. The van der Waals surface area contributed by atoms with Gasteiger partial charge in [-0.15, -0.1) is 0 Å². The summed E-state index contributed by atoms with van der Waals surface area (Å²) in [5.74, 6) is 4.02. The van der Waals surface area contributed by atoms with Gasteiger partial charge in [0, 0.05) is 15.7 Å². The number of hydrogen-bond acceptors (Lipinski definition) is 0. The Labute approximate surface area is 95.9 Å². The molecule has 0 radical (unpaired) electrons. The predicted molar refractivity (Wildman–Crippen MR) is 72.2 cm³/mol. The maximum absolute atomic E-state index is 4.02. The molecule has 80 valence electrons. The summed E-state index contributed by atoms with van der Waals surface area (Å²) in [4.78, 5) is 1.47. The average molecular weight is 218 g/mol. The molecule has 0 saturated carbocycles. The van der Waals surface area contributed by atoms with Gasteiger partial charge in [0.15, 0.2) is 0 Å². The highest BCUT2D eigenvalue weighted by atomic mass is 32.1. The highest BCUT2D eigenvalue weighted by molar-refractivity contribution is 7.96. The Kier molecular flexibility index (Phi) is 2.20. The van der Waals surface area contributed by atoms with E-state index < -0.39 is 0 Å². The van der Waals surface area contributed by atoms with E-state index in [-0.39, 0.29) is 10.8 Å². The first kappa shape index (κ1) is 10.7. The van der Waals surface area contributed by atoms with Crippen LogP contribution in [0.2, 0.25) is 0 Å². The first-order valence-electron chi connectivity index (χ1n) is 5.32. The molecule has 0 N–H and O–H groups in total. The molecule has 0 heterocycles. The van der Waals surface area contributed by atoms with E-state index in [4.69, 9.17) is 0 Å². The van der Waals surface area contributed by atoms with Crippen LogP contribution in [-0.2, 0) is 10.8 Å². The predicted octanol–water partition coefficient (Wildman–Crippen LogP) is 3.59. The van der Waals surface area contributed by atoms with Gasteiger partial charge in [-0.05, 0) is 17.0 Å². The zero-order valence-corrected chi connectivity index (χ0v) is 10.7. The minimum atomic E-state index is 0.145. The Bertz CT molecular complexity index is 423. The number of rotatable bonds is 0. The van der Waals surface area contributed by atoms with E-state index in [0.717, 1.165) is 0 Å². The molecule has 1 aliphatic rings. The van der Waals surface area contributed by atoms with Crippen LogP contribution in [0.25, 0.3) is 0 Å². The fourth-order valence-electron chi connectivity index (χ4n) is 2.96. The molecule has 0 aromatic heterocycles. The Morgan fingerprint density at radius 2 is 1.33 bits per heavy atom. The van der Waals surface area contributed by atoms with Crippen LogP contribution in [-0.4, -0.2) is 10.7 Å². The van der Waals surface area contributed by atoms with E-state index in [1.54, 1.807) is 10.9 Å². The standard InChI is InChI=1S/C14H18S/c1-13(2)10-8-6-7-9-11(10)14(3,4)12(13)15-5/h6-9H,5H2,1-4H3. The van der Waals surface area contributed by atoms with Crippen molar-refractivity contribution in [3.63, 3.8) is 0 Å². The van der Waals surface area contributed by atoms with E-state index >= 15 is 0 Å². The zero-order valence-electron chi connectivity index (χ0n) is 9.92. The van der Waals surface area contributed by atoms with Crippen LogP contribution in [0.1, 0.15) is 38.8 Å². The Morgan fingerprint density at radius 1 is 0.933 bits per heavy atom. The SMILES string of the molecule is C=S=C1C(C)(C)c2ccccc2C1(C)C. The molecule has 0 aliphatic heterocycles. The van der Waals surface area contributed by atoms with Crippen molar-refractivity contribution in [2.75, 3.05) is 0 Å². The molecule has 0 fully saturated rings. The molecule has 2 rings (SSSR count). The highest BCUT2D eigenvalue weighted by Gasteiger charge is 2.46. The van der Waals surface area contributed by atoms with Crippen LogP contribution in [0.5, 0.6) is 0 Å². The first-order valence-corrected chi connectivity index (χ1v) is 6.31. The lowest BCUT2D eigenvalue weighted by molar-refractivity contribution is 0.699. The summed E-state index contributed by atoms with van der Waals surface area (Å²) >= 11 is 0. The molecular formula is C14H18S. The van der Waals surface area contributed by atoms with Crippen LogP contribution in [0, 0.1) is 0 Å². The highest BCUT2D eigenvalue weighted by Crippen LogP contribution is 2.47. The maximum Gasteiger partial charge on any atom is 0.0213 e. The second kappa shape index (κ2) is 3.08. The van der Waals surface area contributed by atoms with Crippen LogP contribution < -0.4 is 0 Å². The van der Waals surface area contributed by atoms with Gasteiger partial charge in [-0.2, -0.15) is 10.9 Å². The van der Waals surface area contributed by atoms with E-state index in [1.807, 2.05) is 0 Å². The van der Waals surface area contributed by atoms with Gasteiger partial charge in [0.1, 0.15) is 0 Å². The Hall–Kier alpha value is -0.820. The lowest BCUT2D eigenvalue weighted by atomic mass is 9.81. The average Bonchev–Trinajstić information content (AvgIpc) is 2.32. The topological polar surface area (TPSA) is 0 Å². The third-order valence-electron chi connectivity index (χ3n) is 3.55. The third kappa shape index (κ3) is 1.26. The Balaban J connectivity index is 2.83. The minimum Gasteiger partial charge on any atom is -0.159 e. The molecule has 0 unspecified atom stereocenters. The van der Waals surface area contributed by atoms with Gasteiger partial charge in [0.2, 0.25) is 0 Å². The van der Waals surface area contributed by atoms with Crippen molar-refractivity contribution in [3.8, 4) is 0 Å². The lowest BCUT2D eigenvalue weighted by Gasteiger charge is -2.26. The van der Waals surface area contributed by atoms with E-state index in [0.29, 0.717) is 0 Å². The molecule has 0 spiro atoms. The summed E-state index contributed by atoms with van der Waals surface area (Å²) in [6.45, 7) is 9.20. The quantitative estimate of drug-likeness (QED) is 0.584. The van der Waals surface area contributed by atoms with Crippen LogP contribution in [0.3, 0.4) is 0 Å². The van der Waals surface area contributed by atoms with Crippen molar-refractivity contribution in [1.82, 2.24) is 0 Å². The van der Waals surface area contributed by atoms with Gasteiger partial charge in [0.05, 0.1) is 0 Å². The zero-order chi connectivity index (χ0) is 11.3. The van der Waals surface area contributed by atoms with Crippen LogP contribution in [0.4, 0.5) is 0 Å². The van der Waals surface area contributed by atoms with Crippen LogP contribution in [0.15, 0.2) is 24.3 Å². The molecule has 0 nitrogen and oxygen atoms in total. The van der Waals surface area contributed by atoms with Gasteiger partial charge >= 0.3 is 0 Å². The first-order chi connectivity index (χ1) is 6.92. The van der Waals surface area contributed by atoms with Crippen molar-refractivity contribution in [2.45, 2.75) is 38.5 Å². The van der Waals surface area contributed by atoms with Gasteiger partial charge in [0.25, 0.3) is 0 Å². The van der Waals surface area contributed by atoms with E-state index in [9.17, 15) is 0 Å². The fourth-order valence-corrected chi connectivity index (χ4v) is 3.90. The van der Waals surface area contributed by atoms with Crippen molar-refractivity contribution in [1.29, 1.82) is 0 Å². The van der Waals surface area contributed by atoms with Gasteiger partial charge < -0.3 is 0 Å². The molecule has 0 saturated heterocycles. The maximum atomic E-state index is 4.02. The number of hydrogen-bond donors (Lipinski definition) is 0. The van der Waals surface area contributed by atoms with Crippen LogP contribution >= 0.6 is 10.9 Å². The summed E-state index contributed by atoms with van der Waals surface area (Å²) in [7, 11) is 1.67. The van der Waals surface area contributed by atoms with Crippen molar-refractivity contribution < 1.29 is 0 Å². The lowest BCUT2D eigenvalue weighted by Crippen LogP contribution is -2.32. The summed E-state index contributed by atoms with van der Waals surface area (Å²) in [6.07, 6.45) is 0. The minimum absolute atomic E-state index is 0.145. The summed E-state index contributed by atoms with van der Waals surface area (Å²) in [5.41, 5.74) is 3.21. The van der Waals surface area contributed by atoms with Crippen molar-refractivity contribution >= 4 is 21.7 Å². The smallest absolute Gasteiger partial charge is 0.0213 e. The summed E-state index contributed by atoms with van der Waals surface area (Å²) < 4.78 is 0. The van der Waals surface area contributed by atoms with Crippen molar-refractivity contribution in [2.24, 2.45) is 0 Å². The molecule has 0 amide bonds. The fraction of sp³-hybridized carbons (Fsp3) is 0.429. The molecule has 0 bridgehead atoms.